The van der Waals surface area contributed by atoms with Gasteiger partial charge in [-0.3, -0.25) is 0 Å². The molecule has 1 unspecified atom stereocenters. The van der Waals surface area contributed by atoms with Crippen LogP contribution in [0.15, 0.2) is 24.5 Å². The average molecular weight is 577 g/mol. The predicted octanol–water partition coefficient (Wildman–Crippen LogP) is 1.77. The molecule has 0 radical (unpaired) electrons. The molecule has 0 bridgehead atoms. The van der Waals surface area contributed by atoms with Crippen molar-refractivity contribution in [2.24, 2.45) is 0 Å². The summed E-state index contributed by atoms with van der Waals surface area (Å²) in [5.41, 5.74) is -1.56. The lowest BCUT2D eigenvalue weighted by Crippen LogP contribution is -2.57. The number of methoxy groups -OCH3 is 1. The zero-order valence-corrected chi connectivity index (χ0v) is 21.3. The number of hydrogen-bond donors (Lipinski definition) is 2. The molecular formula is C23H25ClF4N6O5. The lowest BCUT2D eigenvalue weighted by atomic mass is 9.90. The number of hydrogen-bond acceptors (Lipinski definition) is 9. The van der Waals surface area contributed by atoms with Crippen LogP contribution in [-0.2, 0) is 26.2 Å². The zero-order valence-electron chi connectivity index (χ0n) is 20.5. The molecule has 6 atom stereocenters. The van der Waals surface area contributed by atoms with Crippen LogP contribution in [0.25, 0.3) is 11.3 Å². The summed E-state index contributed by atoms with van der Waals surface area (Å²) in [5, 5.41) is 36.3. The second-order valence-corrected chi connectivity index (χ2v) is 9.86. The minimum Gasteiger partial charge on any atom is -0.394 e. The number of ether oxygens (including phenoxy) is 3. The first-order chi connectivity index (χ1) is 18.7. The van der Waals surface area contributed by atoms with E-state index in [-0.39, 0.29) is 37.3 Å². The fraction of sp³-hybridized carbons (Fsp3) is 0.565. The van der Waals surface area contributed by atoms with Gasteiger partial charge in [0.2, 0.25) is 0 Å². The Morgan fingerprint density at radius 3 is 2.64 bits per heavy atom. The van der Waals surface area contributed by atoms with Crippen molar-refractivity contribution < 1.29 is 42.0 Å². The minimum atomic E-state index is -2.73. The maximum atomic E-state index is 14.5. The largest absolute Gasteiger partial charge is 0.394 e. The van der Waals surface area contributed by atoms with Crippen molar-refractivity contribution in [3.8, 4) is 11.3 Å². The summed E-state index contributed by atoms with van der Waals surface area (Å²) >= 11 is 5.64. The van der Waals surface area contributed by atoms with E-state index in [4.69, 9.17) is 25.8 Å². The van der Waals surface area contributed by atoms with Gasteiger partial charge < -0.3 is 24.4 Å². The molecule has 39 heavy (non-hydrogen) atoms. The first-order valence-electron chi connectivity index (χ1n) is 12.0. The summed E-state index contributed by atoms with van der Waals surface area (Å²) in [6.45, 7) is -0.607. The molecule has 0 saturated carbocycles. The molecule has 2 aliphatic rings. The van der Waals surface area contributed by atoms with Gasteiger partial charge in [0.15, 0.2) is 17.2 Å². The summed E-state index contributed by atoms with van der Waals surface area (Å²) in [6, 6.07) is 1.43. The highest BCUT2D eigenvalue weighted by Crippen LogP contribution is 2.36. The van der Waals surface area contributed by atoms with E-state index in [0.29, 0.717) is 5.69 Å². The molecule has 11 nitrogen and oxygen atoms in total. The Bertz CT molecular complexity index is 1310. The summed E-state index contributed by atoms with van der Waals surface area (Å²) < 4.78 is 75.4. The summed E-state index contributed by atoms with van der Waals surface area (Å²) in [5.74, 6) is -2.45. The van der Waals surface area contributed by atoms with Gasteiger partial charge in [-0.05, 0) is 12.1 Å². The quantitative estimate of drug-likeness (QED) is 0.304. The van der Waals surface area contributed by atoms with Gasteiger partial charge in [-0.2, -0.15) is 0 Å². The Labute approximate surface area is 224 Å². The topological polar surface area (TPSA) is 130 Å². The molecule has 0 spiro atoms. The van der Waals surface area contributed by atoms with Gasteiger partial charge in [0.1, 0.15) is 30.0 Å². The monoisotopic (exact) mass is 576 g/mol. The molecule has 3 aromatic rings. The Morgan fingerprint density at radius 2 is 1.97 bits per heavy atom. The first-order valence-corrected chi connectivity index (χ1v) is 12.4. The molecule has 2 aromatic heterocycles. The Morgan fingerprint density at radius 1 is 1.18 bits per heavy atom. The third-order valence-corrected chi connectivity index (χ3v) is 7.50. The lowest BCUT2D eigenvalue weighted by Gasteiger charge is -2.43. The highest BCUT2D eigenvalue weighted by Gasteiger charge is 2.49. The van der Waals surface area contributed by atoms with E-state index in [1.807, 2.05) is 0 Å². The Balaban J connectivity index is 1.43. The third kappa shape index (κ3) is 4.91. The van der Waals surface area contributed by atoms with Gasteiger partial charge in [-0.15, -0.1) is 10.2 Å². The Hall–Kier alpha value is -2.69. The number of nitrogens with zero attached hydrogens (tertiary/aromatic N) is 6. The third-order valence-electron chi connectivity index (χ3n) is 7.21. The standard InChI is InChI=1S/C23H25ClF4N6O5/c1-37-21-15(6-11-7-34(32-29-11)23(22(27)28)4-5-38-10-23)39-16(9-35)20(36)19(21)33-8-14(30-31-33)12-2-3-13(24)18(26)17(12)25/h2-3,7-8,15-16,19-22,35-36H,4-6,9-10H2,1H3/t15-,16-,19+,20+,21+,23?/m1/s1. The van der Waals surface area contributed by atoms with Gasteiger partial charge in [0.25, 0.3) is 6.43 Å². The fourth-order valence-corrected chi connectivity index (χ4v) is 5.18. The zero-order chi connectivity index (χ0) is 27.9. The molecule has 212 valence electrons. The molecule has 4 heterocycles. The summed E-state index contributed by atoms with van der Waals surface area (Å²) in [4.78, 5) is 0. The molecule has 0 amide bonds. The minimum absolute atomic E-state index is 0.0248. The van der Waals surface area contributed by atoms with E-state index < -0.39 is 65.7 Å². The second-order valence-electron chi connectivity index (χ2n) is 9.45. The number of aliphatic hydroxyl groups is 2. The van der Waals surface area contributed by atoms with Crippen LogP contribution in [0.1, 0.15) is 18.2 Å². The van der Waals surface area contributed by atoms with Crippen molar-refractivity contribution in [3.05, 3.63) is 46.9 Å². The molecule has 2 saturated heterocycles. The molecule has 2 aliphatic heterocycles. The van der Waals surface area contributed by atoms with Gasteiger partial charge in [0, 0.05) is 38.3 Å². The number of rotatable bonds is 8. The van der Waals surface area contributed by atoms with Crippen LogP contribution in [0, 0.1) is 11.6 Å². The molecular weight excluding hydrogens is 552 g/mol. The van der Waals surface area contributed by atoms with Crippen molar-refractivity contribution in [3.63, 3.8) is 0 Å². The van der Waals surface area contributed by atoms with Gasteiger partial charge in [-0.1, -0.05) is 22.0 Å². The van der Waals surface area contributed by atoms with Crippen LogP contribution >= 0.6 is 11.6 Å². The van der Waals surface area contributed by atoms with Crippen molar-refractivity contribution in [1.82, 2.24) is 30.0 Å². The van der Waals surface area contributed by atoms with Crippen LogP contribution in [0.2, 0.25) is 5.02 Å². The maximum Gasteiger partial charge on any atom is 0.265 e. The Kier molecular flexibility index (Phi) is 7.90. The SMILES string of the molecule is CO[C@@H]1[C@@H](n2cc(-c3ccc(Cl)c(F)c3F)nn2)[C@@H](O)[C@@H](CO)O[C@@H]1Cc1cn(C2(C(F)F)CCOC2)nn1. The summed E-state index contributed by atoms with van der Waals surface area (Å²) in [6.07, 6.45) is -4.13. The van der Waals surface area contributed by atoms with Gasteiger partial charge >= 0.3 is 0 Å². The van der Waals surface area contributed by atoms with Crippen LogP contribution < -0.4 is 0 Å². The van der Waals surface area contributed by atoms with Crippen molar-refractivity contribution in [2.45, 2.75) is 55.3 Å². The highest BCUT2D eigenvalue weighted by molar-refractivity contribution is 6.30. The maximum absolute atomic E-state index is 14.5. The van der Waals surface area contributed by atoms with E-state index in [1.54, 1.807) is 0 Å². The average Bonchev–Trinajstić information content (AvgIpc) is 3.69. The van der Waals surface area contributed by atoms with Crippen molar-refractivity contribution in [2.75, 3.05) is 26.9 Å². The number of aromatic nitrogens is 6. The molecule has 2 fully saturated rings. The summed E-state index contributed by atoms with van der Waals surface area (Å²) in [7, 11) is 1.37. The molecule has 0 aliphatic carbocycles. The molecule has 2 N–H and O–H groups in total. The van der Waals surface area contributed by atoms with E-state index in [0.717, 1.165) is 4.68 Å². The smallest absolute Gasteiger partial charge is 0.265 e. The van der Waals surface area contributed by atoms with E-state index in [1.165, 1.54) is 36.3 Å². The van der Waals surface area contributed by atoms with E-state index >= 15 is 0 Å². The van der Waals surface area contributed by atoms with E-state index in [9.17, 15) is 27.8 Å². The van der Waals surface area contributed by atoms with Crippen molar-refractivity contribution in [1.29, 1.82) is 0 Å². The molecule has 5 rings (SSSR count). The van der Waals surface area contributed by atoms with Gasteiger partial charge in [-0.25, -0.2) is 26.9 Å². The molecule has 16 heteroatoms. The van der Waals surface area contributed by atoms with Crippen molar-refractivity contribution >= 4 is 11.6 Å². The van der Waals surface area contributed by atoms with Crippen LogP contribution in [0.4, 0.5) is 17.6 Å². The highest BCUT2D eigenvalue weighted by atomic mass is 35.5. The van der Waals surface area contributed by atoms with Gasteiger partial charge in [0.05, 0.1) is 36.2 Å². The number of benzene rings is 1. The molecule has 1 aromatic carbocycles. The fourth-order valence-electron chi connectivity index (χ4n) is 5.04. The predicted molar refractivity (Wildman–Crippen MR) is 125 cm³/mol. The van der Waals surface area contributed by atoms with E-state index in [2.05, 4.69) is 20.6 Å². The lowest BCUT2D eigenvalue weighted by molar-refractivity contribution is -0.212. The normalized spacial score (nSPS) is 29.4. The van der Waals surface area contributed by atoms with Crippen LogP contribution in [-0.4, -0.2) is 98.0 Å². The number of alkyl halides is 2. The number of aliphatic hydroxyl groups excluding tert-OH is 2. The second kappa shape index (κ2) is 11.1. The number of halogens is 5. The first kappa shape index (κ1) is 27.9. The van der Waals surface area contributed by atoms with Crippen LogP contribution in [0.5, 0.6) is 0 Å². The van der Waals surface area contributed by atoms with Crippen LogP contribution in [0.3, 0.4) is 0 Å².